The summed E-state index contributed by atoms with van der Waals surface area (Å²) in [5.74, 6) is -0.622. The number of carbonyl (C=O) groups excluding carboxylic acids is 1. The fraction of sp³-hybridized carbons (Fsp3) is 0.375. The van der Waals surface area contributed by atoms with Gasteiger partial charge in [-0.05, 0) is 37.1 Å². The largest absolute Gasteiger partial charge is 0.371 e. The number of benzene rings is 1. The van der Waals surface area contributed by atoms with E-state index in [-0.39, 0.29) is 29.5 Å². The van der Waals surface area contributed by atoms with Crippen LogP contribution in [-0.2, 0) is 16.0 Å². The molecule has 1 fully saturated rings. The van der Waals surface area contributed by atoms with Gasteiger partial charge >= 0.3 is 0 Å². The molecule has 2 heterocycles. The van der Waals surface area contributed by atoms with Crippen LogP contribution in [0.1, 0.15) is 29.5 Å². The first-order valence-corrected chi connectivity index (χ1v) is 7.77. The summed E-state index contributed by atoms with van der Waals surface area (Å²) in [6.07, 6.45) is 0.509. The van der Waals surface area contributed by atoms with Gasteiger partial charge in [0, 0.05) is 12.3 Å². The molecule has 2 atom stereocenters. The van der Waals surface area contributed by atoms with E-state index in [4.69, 9.17) is 16.3 Å². The highest BCUT2D eigenvalue weighted by molar-refractivity contribution is 6.30. The summed E-state index contributed by atoms with van der Waals surface area (Å²) >= 11 is 5.70. The molecule has 1 amide bonds. The van der Waals surface area contributed by atoms with Gasteiger partial charge < -0.3 is 10.1 Å². The van der Waals surface area contributed by atoms with Crippen molar-refractivity contribution in [2.75, 3.05) is 6.61 Å². The molecular weight excluding hydrogens is 321 g/mol. The standard InChI is InChI=1S/C16H17ClFN3O2/c1-9-6-11(21-20-9)8-15(22)19-14-4-5-23-16(14)10-2-3-12(17)13(18)7-10/h2-3,6-7,14,16H,4-5,8H2,1H3,(H,19,22)(H,20,21)/t14-,16+/m0/s1. The van der Waals surface area contributed by atoms with E-state index in [1.54, 1.807) is 6.07 Å². The third-order valence-electron chi connectivity index (χ3n) is 3.81. The van der Waals surface area contributed by atoms with Crippen molar-refractivity contribution in [3.63, 3.8) is 0 Å². The molecule has 7 heteroatoms. The first kappa shape index (κ1) is 16.0. The van der Waals surface area contributed by atoms with Crippen LogP contribution in [0.15, 0.2) is 24.3 Å². The molecule has 2 N–H and O–H groups in total. The molecule has 1 aliphatic rings. The number of nitrogens with one attached hydrogen (secondary N) is 2. The summed E-state index contributed by atoms with van der Waals surface area (Å²) in [5.41, 5.74) is 2.27. The molecule has 3 rings (SSSR count). The fourth-order valence-corrected chi connectivity index (χ4v) is 2.86. The van der Waals surface area contributed by atoms with Gasteiger partial charge in [-0.3, -0.25) is 9.89 Å². The van der Waals surface area contributed by atoms with Crippen molar-refractivity contribution in [3.05, 3.63) is 52.1 Å². The van der Waals surface area contributed by atoms with Gasteiger partial charge in [0.1, 0.15) is 11.9 Å². The van der Waals surface area contributed by atoms with Gasteiger partial charge in [0.05, 0.1) is 23.2 Å². The summed E-state index contributed by atoms with van der Waals surface area (Å²) in [4.78, 5) is 12.2. The number of rotatable bonds is 4. The molecule has 0 saturated carbocycles. The summed E-state index contributed by atoms with van der Waals surface area (Å²) < 4.78 is 19.3. The summed E-state index contributed by atoms with van der Waals surface area (Å²) in [7, 11) is 0. The lowest BCUT2D eigenvalue weighted by Gasteiger charge is -2.20. The number of hydrogen-bond donors (Lipinski definition) is 2. The van der Waals surface area contributed by atoms with Crippen molar-refractivity contribution < 1.29 is 13.9 Å². The van der Waals surface area contributed by atoms with Crippen molar-refractivity contribution in [3.8, 4) is 0 Å². The molecule has 23 heavy (non-hydrogen) atoms. The Labute approximate surface area is 138 Å². The monoisotopic (exact) mass is 337 g/mol. The second-order valence-electron chi connectivity index (χ2n) is 5.65. The van der Waals surface area contributed by atoms with Gasteiger partial charge in [0.25, 0.3) is 0 Å². The Balaban J connectivity index is 1.66. The molecule has 1 aromatic heterocycles. The molecule has 1 aliphatic heterocycles. The SMILES string of the molecule is Cc1cc(CC(=O)N[C@H]2CCO[C@@H]2c2ccc(Cl)c(F)c2)n[nH]1. The highest BCUT2D eigenvalue weighted by Crippen LogP contribution is 2.31. The Kier molecular flexibility index (Phi) is 4.63. The van der Waals surface area contributed by atoms with Crippen LogP contribution >= 0.6 is 11.6 Å². The summed E-state index contributed by atoms with van der Waals surface area (Å²) in [5, 5.41) is 9.87. The number of aryl methyl sites for hydroxylation is 1. The van der Waals surface area contributed by atoms with E-state index >= 15 is 0 Å². The van der Waals surface area contributed by atoms with E-state index < -0.39 is 5.82 Å². The molecular formula is C16H17ClFN3O2. The number of aromatic nitrogens is 2. The van der Waals surface area contributed by atoms with E-state index in [0.717, 1.165) is 5.69 Å². The maximum atomic E-state index is 13.6. The van der Waals surface area contributed by atoms with E-state index in [1.807, 2.05) is 13.0 Å². The van der Waals surface area contributed by atoms with E-state index in [0.29, 0.717) is 24.3 Å². The smallest absolute Gasteiger partial charge is 0.226 e. The minimum atomic E-state index is -0.489. The fourth-order valence-electron chi connectivity index (χ4n) is 2.74. The number of ether oxygens (including phenoxy) is 1. The van der Waals surface area contributed by atoms with Gasteiger partial charge in [-0.2, -0.15) is 5.10 Å². The number of nitrogens with zero attached hydrogens (tertiary/aromatic N) is 1. The van der Waals surface area contributed by atoms with Gasteiger partial charge in [0.15, 0.2) is 0 Å². The van der Waals surface area contributed by atoms with Gasteiger partial charge in [-0.25, -0.2) is 4.39 Å². The summed E-state index contributed by atoms with van der Waals surface area (Å²) in [6.45, 7) is 2.39. The Bertz CT molecular complexity index is 719. The lowest BCUT2D eigenvalue weighted by Crippen LogP contribution is -2.37. The van der Waals surface area contributed by atoms with E-state index in [9.17, 15) is 9.18 Å². The van der Waals surface area contributed by atoms with E-state index in [2.05, 4.69) is 15.5 Å². The predicted octanol–water partition coefficient (Wildman–Crippen LogP) is 2.70. The van der Waals surface area contributed by atoms with Crippen LogP contribution in [-0.4, -0.2) is 28.8 Å². The van der Waals surface area contributed by atoms with Crippen LogP contribution in [0.4, 0.5) is 4.39 Å². The molecule has 1 aromatic carbocycles. The van der Waals surface area contributed by atoms with Crippen LogP contribution in [0.2, 0.25) is 5.02 Å². The van der Waals surface area contributed by atoms with Gasteiger partial charge in [-0.15, -0.1) is 0 Å². The zero-order chi connectivity index (χ0) is 16.4. The average molecular weight is 338 g/mol. The van der Waals surface area contributed by atoms with Crippen molar-refractivity contribution in [2.45, 2.75) is 31.9 Å². The zero-order valence-electron chi connectivity index (χ0n) is 12.6. The van der Waals surface area contributed by atoms with Crippen molar-refractivity contribution in [1.82, 2.24) is 15.5 Å². The van der Waals surface area contributed by atoms with Crippen LogP contribution in [0.5, 0.6) is 0 Å². The molecule has 122 valence electrons. The second-order valence-corrected chi connectivity index (χ2v) is 6.05. The lowest BCUT2D eigenvalue weighted by atomic mass is 10.0. The Morgan fingerprint density at radius 2 is 2.35 bits per heavy atom. The van der Waals surface area contributed by atoms with Crippen LogP contribution < -0.4 is 5.32 Å². The molecule has 5 nitrogen and oxygen atoms in total. The molecule has 0 spiro atoms. The zero-order valence-corrected chi connectivity index (χ0v) is 13.4. The van der Waals surface area contributed by atoms with Crippen LogP contribution in [0.3, 0.4) is 0 Å². The predicted molar refractivity (Wildman–Crippen MR) is 83.7 cm³/mol. The first-order chi connectivity index (χ1) is 11.0. The van der Waals surface area contributed by atoms with Gasteiger partial charge in [0.2, 0.25) is 5.91 Å². The third-order valence-corrected chi connectivity index (χ3v) is 4.12. The first-order valence-electron chi connectivity index (χ1n) is 7.40. The lowest BCUT2D eigenvalue weighted by molar-refractivity contribution is -0.121. The van der Waals surface area contributed by atoms with Crippen molar-refractivity contribution in [1.29, 1.82) is 0 Å². The Hall–Kier alpha value is -1.92. The van der Waals surface area contributed by atoms with Gasteiger partial charge in [-0.1, -0.05) is 17.7 Å². The van der Waals surface area contributed by atoms with Crippen LogP contribution in [0, 0.1) is 12.7 Å². The number of halogens is 2. The van der Waals surface area contributed by atoms with E-state index in [1.165, 1.54) is 12.1 Å². The molecule has 0 bridgehead atoms. The minimum Gasteiger partial charge on any atom is -0.371 e. The quantitative estimate of drug-likeness (QED) is 0.901. The number of hydrogen-bond acceptors (Lipinski definition) is 3. The molecule has 0 radical (unpaired) electrons. The number of aromatic amines is 1. The maximum Gasteiger partial charge on any atom is 0.226 e. The second kappa shape index (κ2) is 6.68. The minimum absolute atomic E-state index is 0.0706. The topological polar surface area (TPSA) is 67.0 Å². The van der Waals surface area contributed by atoms with Crippen molar-refractivity contribution >= 4 is 17.5 Å². The van der Waals surface area contributed by atoms with Crippen LogP contribution in [0.25, 0.3) is 0 Å². The maximum absolute atomic E-state index is 13.6. The van der Waals surface area contributed by atoms with Crippen molar-refractivity contribution in [2.24, 2.45) is 0 Å². The number of amides is 1. The third kappa shape index (κ3) is 3.71. The molecule has 0 aliphatic carbocycles. The average Bonchev–Trinajstić information content (AvgIpc) is 3.11. The molecule has 1 saturated heterocycles. The highest BCUT2D eigenvalue weighted by Gasteiger charge is 2.31. The summed E-state index contributed by atoms with van der Waals surface area (Å²) in [6, 6.07) is 6.21. The number of carbonyl (C=O) groups is 1. The Morgan fingerprint density at radius 1 is 1.52 bits per heavy atom. The molecule has 2 aromatic rings. The highest BCUT2D eigenvalue weighted by atomic mass is 35.5. The normalized spacial score (nSPS) is 20.7. The Morgan fingerprint density at radius 3 is 3.04 bits per heavy atom. The number of H-pyrrole nitrogens is 1. The molecule has 0 unspecified atom stereocenters.